The van der Waals surface area contributed by atoms with Crippen LogP contribution in [0.1, 0.15) is 29.2 Å². The van der Waals surface area contributed by atoms with Gasteiger partial charge in [-0.1, -0.05) is 121 Å². The lowest BCUT2D eigenvalue weighted by Gasteiger charge is -2.08. The van der Waals surface area contributed by atoms with Gasteiger partial charge < -0.3 is 0 Å². The number of benzene rings is 4. The first-order valence-electron chi connectivity index (χ1n) is 10.4. The number of rotatable bonds is 6. The van der Waals surface area contributed by atoms with E-state index in [1.165, 1.54) is 0 Å². The van der Waals surface area contributed by atoms with Crippen molar-refractivity contribution in [3.05, 3.63) is 155 Å². The lowest BCUT2D eigenvalue weighted by Crippen LogP contribution is -2.04. The van der Waals surface area contributed by atoms with Gasteiger partial charge in [-0.25, -0.2) is 0 Å². The minimum Gasteiger partial charge on any atom is -0.254 e. The molecule has 4 aromatic rings. The SMILES string of the molecule is CC(=CN=C(c1ccccc1)c1ccccc1)N=C(c1ccccc1)c1ccccc1. The molecule has 0 heterocycles. The van der Waals surface area contributed by atoms with Crippen LogP contribution in [0.4, 0.5) is 0 Å². The van der Waals surface area contributed by atoms with Crippen LogP contribution in [-0.4, -0.2) is 11.4 Å². The van der Waals surface area contributed by atoms with Crippen LogP contribution >= 0.6 is 0 Å². The fourth-order valence-electron chi connectivity index (χ4n) is 3.36. The van der Waals surface area contributed by atoms with Gasteiger partial charge in [-0.05, 0) is 6.92 Å². The lowest BCUT2D eigenvalue weighted by atomic mass is 10.0. The van der Waals surface area contributed by atoms with E-state index in [0.717, 1.165) is 39.4 Å². The Labute approximate surface area is 184 Å². The summed E-state index contributed by atoms with van der Waals surface area (Å²) in [4.78, 5) is 9.80. The molecular formula is C29H24N2. The van der Waals surface area contributed by atoms with E-state index in [1.807, 2.05) is 85.9 Å². The highest BCUT2D eigenvalue weighted by Crippen LogP contribution is 2.15. The summed E-state index contributed by atoms with van der Waals surface area (Å²) in [6.45, 7) is 1.99. The average molecular weight is 401 g/mol. The fourth-order valence-corrected chi connectivity index (χ4v) is 3.36. The molecule has 0 N–H and O–H groups in total. The maximum atomic E-state index is 4.95. The van der Waals surface area contributed by atoms with E-state index in [-0.39, 0.29) is 0 Å². The standard InChI is InChI=1S/C29H24N2/c1-23(31-29(26-18-10-4-11-19-26)27-20-12-5-13-21-27)22-30-28(24-14-6-2-7-15-24)25-16-8-3-9-17-25/h2-22H,1H3. The van der Waals surface area contributed by atoms with Crippen molar-refractivity contribution in [3.8, 4) is 0 Å². The molecule has 0 fully saturated rings. The molecule has 2 nitrogen and oxygen atoms in total. The van der Waals surface area contributed by atoms with Crippen LogP contribution in [0.25, 0.3) is 0 Å². The summed E-state index contributed by atoms with van der Waals surface area (Å²) in [5.41, 5.74) is 7.02. The van der Waals surface area contributed by atoms with Crippen molar-refractivity contribution in [2.24, 2.45) is 9.98 Å². The van der Waals surface area contributed by atoms with Gasteiger partial charge in [0.05, 0.1) is 17.1 Å². The predicted molar refractivity (Wildman–Crippen MR) is 131 cm³/mol. The Hall–Kier alpha value is -4.04. The molecule has 0 unspecified atom stereocenters. The number of allylic oxidation sites excluding steroid dienone is 1. The van der Waals surface area contributed by atoms with Crippen LogP contribution in [0.2, 0.25) is 0 Å². The summed E-state index contributed by atoms with van der Waals surface area (Å²) in [5, 5.41) is 0. The molecule has 2 heteroatoms. The lowest BCUT2D eigenvalue weighted by molar-refractivity contribution is 1.26. The maximum absolute atomic E-state index is 4.95. The highest BCUT2D eigenvalue weighted by atomic mass is 14.8. The summed E-state index contributed by atoms with van der Waals surface area (Å²) in [6.07, 6.45) is 1.85. The zero-order chi connectivity index (χ0) is 21.3. The highest BCUT2D eigenvalue weighted by molar-refractivity contribution is 6.14. The molecular weight excluding hydrogens is 376 g/mol. The molecule has 0 aliphatic carbocycles. The second-order valence-electron chi connectivity index (χ2n) is 7.17. The first kappa shape index (κ1) is 20.2. The molecule has 4 aromatic carbocycles. The van der Waals surface area contributed by atoms with Crippen LogP contribution in [0.5, 0.6) is 0 Å². The molecule has 0 saturated carbocycles. The second-order valence-corrected chi connectivity index (χ2v) is 7.17. The molecule has 0 saturated heterocycles. The molecule has 0 atom stereocenters. The van der Waals surface area contributed by atoms with Gasteiger partial charge in [0, 0.05) is 28.5 Å². The number of aliphatic imine (C=N–C) groups is 2. The van der Waals surface area contributed by atoms with Gasteiger partial charge >= 0.3 is 0 Å². The van der Waals surface area contributed by atoms with Crippen LogP contribution in [0.15, 0.2) is 143 Å². The fraction of sp³-hybridized carbons (Fsp3) is 0.0345. The van der Waals surface area contributed by atoms with E-state index < -0.39 is 0 Å². The zero-order valence-corrected chi connectivity index (χ0v) is 17.5. The van der Waals surface area contributed by atoms with E-state index in [0.29, 0.717) is 0 Å². The third-order valence-electron chi connectivity index (χ3n) is 4.86. The number of nitrogens with zero attached hydrogens (tertiary/aromatic N) is 2. The molecule has 31 heavy (non-hydrogen) atoms. The van der Waals surface area contributed by atoms with Gasteiger partial charge in [0.25, 0.3) is 0 Å². The van der Waals surface area contributed by atoms with Gasteiger partial charge in [0.15, 0.2) is 0 Å². The Bertz CT molecular complexity index is 1110. The molecule has 4 rings (SSSR count). The average Bonchev–Trinajstić information content (AvgIpc) is 2.85. The Morgan fingerprint density at radius 1 is 0.484 bits per heavy atom. The number of hydrogen-bond acceptors (Lipinski definition) is 2. The van der Waals surface area contributed by atoms with Crippen LogP contribution < -0.4 is 0 Å². The van der Waals surface area contributed by atoms with Crippen LogP contribution in [0.3, 0.4) is 0 Å². The minimum absolute atomic E-state index is 0.840. The Morgan fingerprint density at radius 2 is 0.806 bits per heavy atom. The van der Waals surface area contributed by atoms with Crippen molar-refractivity contribution >= 4 is 11.4 Å². The maximum Gasteiger partial charge on any atom is 0.0778 e. The van der Waals surface area contributed by atoms with E-state index >= 15 is 0 Å². The second kappa shape index (κ2) is 10.1. The molecule has 0 aliphatic heterocycles. The first-order chi connectivity index (χ1) is 15.3. The Kier molecular flexibility index (Phi) is 6.61. The summed E-state index contributed by atoms with van der Waals surface area (Å²) < 4.78 is 0. The van der Waals surface area contributed by atoms with Crippen molar-refractivity contribution in [1.29, 1.82) is 0 Å². The highest BCUT2D eigenvalue weighted by Gasteiger charge is 2.07. The van der Waals surface area contributed by atoms with Crippen molar-refractivity contribution < 1.29 is 0 Å². The summed E-state index contributed by atoms with van der Waals surface area (Å²) in [5.74, 6) is 0. The van der Waals surface area contributed by atoms with E-state index in [1.54, 1.807) is 0 Å². The summed E-state index contributed by atoms with van der Waals surface area (Å²) >= 11 is 0. The molecule has 0 aliphatic rings. The van der Waals surface area contributed by atoms with Gasteiger partial charge in [0.1, 0.15) is 0 Å². The monoisotopic (exact) mass is 400 g/mol. The molecule has 0 radical (unpaired) electrons. The largest absolute Gasteiger partial charge is 0.254 e. The predicted octanol–water partition coefficient (Wildman–Crippen LogP) is 6.92. The number of hydrogen-bond donors (Lipinski definition) is 0. The topological polar surface area (TPSA) is 24.7 Å². The van der Waals surface area contributed by atoms with Gasteiger partial charge in [0.2, 0.25) is 0 Å². The van der Waals surface area contributed by atoms with Crippen molar-refractivity contribution in [3.63, 3.8) is 0 Å². The summed E-state index contributed by atoms with van der Waals surface area (Å²) in [6, 6.07) is 41.0. The molecule has 0 bridgehead atoms. The van der Waals surface area contributed by atoms with E-state index in [2.05, 4.69) is 48.5 Å². The quantitative estimate of drug-likeness (QED) is 0.314. The van der Waals surface area contributed by atoms with E-state index in [9.17, 15) is 0 Å². The van der Waals surface area contributed by atoms with Gasteiger partial charge in [-0.3, -0.25) is 9.98 Å². The summed E-state index contributed by atoms with van der Waals surface area (Å²) in [7, 11) is 0. The third-order valence-corrected chi connectivity index (χ3v) is 4.86. The molecule has 0 aromatic heterocycles. The first-order valence-corrected chi connectivity index (χ1v) is 10.4. The van der Waals surface area contributed by atoms with Crippen molar-refractivity contribution in [1.82, 2.24) is 0 Å². The van der Waals surface area contributed by atoms with Gasteiger partial charge in [-0.15, -0.1) is 0 Å². The molecule has 0 amide bonds. The smallest absolute Gasteiger partial charge is 0.0778 e. The molecule has 150 valence electrons. The third kappa shape index (κ3) is 5.31. The van der Waals surface area contributed by atoms with Crippen molar-refractivity contribution in [2.45, 2.75) is 6.92 Å². The van der Waals surface area contributed by atoms with Crippen LogP contribution in [0, 0.1) is 0 Å². The Balaban J connectivity index is 1.76. The molecule has 0 spiro atoms. The van der Waals surface area contributed by atoms with Crippen molar-refractivity contribution in [2.75, 3.05) is 0 Å². The Morgan fingerprint density at radius 3 is 1.16 bits per heavy atom. The van der Waals surface area contributed by atoms with Gasteiger partial charge in [-0.2, -0.15) is 0 Å². The van der Waals surface area contributed by atoms with E-state index in [4.69, 9.17) is 9.98 Å². The minimum atomic E-state index is 0.840. The normalized spacial score (nSPS) is 10.9. The zero-order valence-electron chi connectivity index (χ0n) is 17.5. The van der Waals surface area contributed by atoms with Crippen LogP contribution in [-0.2, 0) is 0 Å².